The number of carbonyl (C=O) groups is 1. The van der Waals surface area contributed by atoms with Crippen molar-refractivity contribution in [2.24, 2.45) is 4.99 Å². The fourth-order valence-corrected chi connectivity index (χ4v) is 5.04. The maximum atomic E-state index is 13.4. The van der Waals surface area contributed by atoms with E-state index in [0.29, 0.717) is 21.3 Å². The normalized spacial score (nSPS) is 18.6. The lowest BCUT2D eigenvalue weighted by molar-refractivity contribution is -0.116. The van der Waals surface area contributed by atoms with E-state index >= 15 is 0 Å². The van der Waals surface area contributed by atoms with E-state index in [0.717, 1.165) is 35.4 Å². The lowest BCUT2D eigenvalue weighted by Gasteiger charge is -2.28. The zero-order valence-corrected chi connectivity index (χ0v) is 17.2. The Morgan fingerprint density at radius 3 is 2.60 bits per heavy atom. The van der Waals surface area contributed by atoms with Crippen molar-refractivity contribution in [2.75, 3.05) is 7.11 Å². The van der Waals surface area contributed by atoms with E-state index in [-0.39, 0.29) is 11.3 Å². The summed E-state index contributed by atoms with van der Waals surface area (Å²) in [6, 6.07) is 10.8. The maximum absolute atomic E-state index is 13.4. The van der Waals surface area contributed by atoms with Gasteiger partial charge >= 0.3 is 0 Å². The number of methoxy groups -OCH3 is 1. The molecule has 2 aromatic heterocycles. The Balaban J connectivity index is 1.75. The summed E-state index contributed by atoms with van der Waals surface area (Å²) in [5, 5.41) is 0. The summed E-state index contributed by atoms with van der Waals surface area (Å²) in [7, 11) is 1.61. The molecule has 1 aliphatic carbocycles. The van der Waals surface area contributed by atoms with E-state index in [4.69, 9.17) is 9.73 Å². The number of hydrogen-bond acceptors (Lipinski definition) is 6. The van der Waals surface area contributed by atoms with Crippen LogP contribution >= 0.6 is 11.3 Å². The minimum atomic E-state index is -0.463. The minimum absolute atomic E-state index is 0.0734. The first-order valence-corrected chi connectivity index (χ1v) is 10.6. The summed E-state index contributed by atoms with van der Waals surface area (Å²) in [5.41, 5.74) is 3.10. The highest BCUT2D eigenvalue weighted by molar-refractivity contribution is 7.07. The molecule has 1 unspecified atom stereocenters. The van der Waals surface area contributed by atoms with Gasteiger partial charge in [-0.25, -0.2) is 4.99 Å². The Kier molecular flexibility index (Phi) is 4.67. The summed E-state index contributed by atoms with van der Waals surface area (Å²) < 4.78 is 7.53. The lowest BCUT2D eigenvalue weighted by atomic mass is 9.86. The SMILES string of the molecule is COc1ccc(C2C3=C(CCCC3=O)N=c3sc(=Cc4ccncc4)c(=O)n32)cc1. The zero-order valence-electron chi connectivity index (χ0n) is 16.4. The van der Waals surface area contributed by atoms with Crippen LogP contribution in [0, 0.1) is 0 Å². The minimum Gasteiger partial charge on any atom is -0.497 e. The first-order valence-electron chi connectivity index (χ1n) is 9.78. The lowest BCUT2D eigenvalue weighted by Crippen LogP contribution is -2.40. The molecule has 1 aliphatic heterocycles. The number of pyridine rings is 1. The van der Waals surface area contributed by atoms with Crippen molar-refractivity contribution in [2.45, 2.75) is 25.3 Å². The van der Waals surface area contributed by atoms with Gasteiger partial charge in [0.2, 0.25) is 0 Å². The Bertz CT molecular complexity index is 1340. The van der Waals surface area contributed by atoms with Crippen LogP contribution in [0.25, 0.3) is 6.08 Å². The van der Waals surface area contributed by atoms with Crippen molar-refractivity contribution in [3.05, 3.63) is 90.9 Å². The highest BCUT2D eigenvalue weighted by Gasteiger charge is 2.34. The molecule has 7 heteroatoms. The third-order valence-electron chi connectivity index (χ3n) is 5.46. The van der Waals surface area contributed by atoms with Gasteiger partial charge in [0, 0.05) is 24.4 Å². The van der Waals surface area contributed by atoms with Crippen LogP contribution in [0.2, 0.25) is 0 Å². The first-order chi connectivity index (χ1) is 14.7. The molecule has 0 spiro atoms. The van der Waals surface area contributed by atoms with Crippen LogP contribution in [0.3, 0.4) is 0 Å². The number of ether oxygens (including phenoxy) is 1. The van der Waals surface area contributed by atoms with E-state index < -0.39 is 6.04 Å². The fourth-order valence-electron chi connectivity index (χ4n) is 4.02. The summed E-state index contributed by atoms with van der Waals surface area (Å²) in [4.78, 5) is 35.7. The van der Waals surface area contributed by atoms with Gasteiger partial charge in [0.05, 0.1) is 23.4 Å². The highest BCUT2D eigenvalue weighted by Crippen LogP contribution is 2.36. The smallest absolute Gasteiger partial charge is 0.271 e. The van der Waals surface area contributed by atoms with Crippen LogP contribution in [-0.4, -0.2) is 22.4 Å². The number of hydrogen-bond donors (Lipinski definition) is 0. The molecule has 3 aromatic rings. The quantitative estimate of drug-likeness (QED) is 0.656. The Hall–Kier alpha value is -3.32. The van der Waals surface area contributed by atoms with Crippen molar-refractivity contribution in [1.29, 1.82) is 0 Å². The monoisotopic (exact) mass is 417 g/mol. The highest BCUT2D eigenvalue weighted by atomic mass is 32.1. The molecule has 0 amide bonds. The Morgan fingerprint density at radius 1 is 1.10 bits per heavy atom. The maximum Gasteiger partial charge on any atom is 0.271 e. The number of rotatable bonds is 3. The average molecular weight is 417 g/mol. The van der Waals surface area contributed by atoms with Crippen LogP contribution in [0.4, 0.5) is 0 Å². The third kappa shape index (κ3) is 3.11. The van der Waals surface area contributed by atoms with Crippen molar-refractivity contribution < 1.29 is 9.53 Å². The van der Waals surface area contributed by atoms with E-state index in [1.807, 2.05) is 42.5 Å². The van der Waals surface area contributed by atoms with Crippen LogP contribution < -0.4 is 19.6 Å². The molecule has 0 saturated carbocycles. The van der Waals surface area contributed by atoms with E-state index in [9.17, 15) is 9.59 Å². The predicted octanol–water partition coefficient (Wildman–Crippen LogP) is 2.37. The predicted molar refractivity (Wildman–Crippen MR) is 114 cm³/mol. The number of thiazole rings is 1. The number of Topliss-reactive ketones (excluding diaryl/α,β-unsaturated/α-hetero) is 1. The van der Waals surface area contributed by atoms with E-state index in [1.165, 1.54) is 11.3 Å². The van der Waals surface area contributed by atoms with Gasteiger partial charge in [0.25, 0.3) is 5.56 Å². The van der Waals surface area contributed by atoms with Crippen LogP contribution in [0.1, 0.15) is 36.4 Å². The van der Waals surface area contributed by atoms with Crippen molar-refractivity contribution in [1.82, 2.24) is 9.55 Å². The van der Waals surface area contributed by atoms with Crippen LogP contribution in [0.5, 0.6) is 5.75 Å². The van der Waals surface area contributed by atoms with Gasteiger partial charge in [0.15, 0.2) is 10.6 Å². The van der Waals surface area contributed by atoms with Gasteiger partial charge in [-0.05, 0) is 54.3 Å². The molecule has 2 aliphatic rings. The summed E-state index contributed by atoms with van der Waals surface area (Å²) >= 11 is 1.36. The molecule has 150 valence electrons. The molecule has 0 bridgehead atoms. The molecule has 6 nitrogen and oxygen atoms in total. The molecule has 5 rings (SSSR count). The molecular formula is C23H19N3O3S. The topological polar surface area (TPSA) is 73.6 Å². The molecule has 0 saturated heterocycles. The second kappa shape index (κ2) is 7.50. The number of fused-ring (bicyclic) bond motifs is 1. The van der Waals surface area contributed by atoms with Crippen molar-refractivity contribution >= 4 is 23.2 Å². The van der Waals surface area contributed by atoms with Gasteiger partial charge in [-0.1, -0.05) is 23.5 Å². The van der Waals surface area contributed by atoms with Gasteiger partial charge in [-0.3, -0.25) is 19.1 Å². The number of benzene rings is 1. The van der Waals surface area contributed by atoms with E-state index in [1.54, 1.807) is 24.1 Å². The molecule has 0 radical (unpaired) electrons. The van der Waals surface area contributed by atoms with Crippen LogP contribution in [-0.2, 0) is 4.79 Å². The van der Waals surface area contributed by atoms with Crippen LogP contribution in [0.15, 0.2) is 69.8 Å². The van der Waals surface area contributed by atoms with Gasteiger partial charge in [0.1, 0.15) is 5.75 Å². The number of carbonyl (C=O) groups excluding carboxylic acids is 1. The molecule has 0 fully saturated rings. The third-order valence-corrected chi connectivity index (χ3v) is 6.45. The summed E-state index contributed by atoms with van der Waals surface area (Å²) in [5.74, 6) is 0.803. The van der Waals surface area contributed by atoms with Crippen molar-refractivity contribution in [3.8, 4) is 5.75 Å². The first kappa shape index (κ1) is 18.7. The molecule has 1 aromatic carbocycles. The van der Waals surface area contributed by atoms with Gasteiger partial charge < -0.3 is 4.74 Å². The number of ketones is 1. The molecular weight excluding hydrogens is 398 g/mol. The molecule has 30 heavy (non-hydrogen) atoms. The van der Waals surface area contributed by atoms with E-state index in [2.05, 4.69) is 4.98 Å². The van der Waals surface area contributed by atoms with Gasteiger partial charge in [-0.2, -0.15) is 0 Å². The average Bonchev–Trinajstić information content (AvgIpc) is 3.08. The van der Waals surface area contributed by atoms with Crippen molar-refractivity contribution in [3.63, 3.8) is 0 Å². The number of aromatic nitrogens is 2. The Labute approximate surface area is 176 Å². The fraction of sp³-hybridized carbons (Fsp3) is 0.217. The molecule has 1 atom stereocenters. The second-order valence-electron chi connectivity index (χ2n) is 7.27. The Morgan fingerprint density at radius 2 is 1.87 bits per heavy atom. The second-order valence-corrected chi connectivity index (χ2v) is 8.28. The zero-order chi connectivity index (χ0) is 20.7. The molecule has 3 heterocycles. The van der Waals surface area contributed by atoms with Gasteiger partial charge in [-0.15, -0.1) is 0 Å². The summed E-state index contributed by atoms with van der Waals surface area (Å²) in [6.45, 7) is 0. The summed E-state index contributed by atoms with van der Waals surface area (Å²) in [6.07, 6.45) is 7.28. The number of allylic oxidation sites excluding steroid dienone is 2. The number of nitrogens with zero attached hydrogens (tertiary/aromatic N) is 3. The molecule has 0 N–H and O–H groups in total. The largest absolute Gasteiger partial charge is 0.497 e. The standard InChI is InChI=1S/C23H19N3O3S/c1-29-16-7-5-15(6-8-16)21-20-17(3-2-4-18(20)27)25-23-26(21)22(28)19(30-23)13-14-9-11-24-12-10-14/h5-13,21H,2-4H2,1H3.